The maximum atomic E-state index is 11.4. The molecule has 0 saturated carbocycles. The zero-order chi connectivity index (χ0) is 13.4. The minimum absolute atomic E-state index is 0.154. The van der Waals surface area contributed by atoms with Crippen molar-refractivity contribution >= 4 is 5.91 Å². The van der Waals surface area contributed by atoms with Gasteiger partial charge in [-0.2, -0.15) is 0 Å². The quantitative estimate of drug-likeness (QED) is 0.650. The van der Waals surface area contributed by atoms with Gasteiger partial charge in [0.1, 0.15) is 0 Å². The van der Waals surface area contributed by atoms with Crippen molar-refractivity contribution in [3.63, 3.8) is 0 Å². The lowest BCUT2D eigenvalue weighted by Crippen LogP contribution is -2.43. The van der Waals surface area contributed by atoms with E-state index in [-0.39, 0.29) is 18.0 Å². The van der Waals surface area contributed by atoms with Crippen molar-refractivity contribution in [2.75, 3.05) is 6.54 Å². The van der Waals surface area contributed by atoms with Crippen LogP contribution in [0.5, 0.6) is 0 Å². The van der Waals surface area contributed by atoms with E-state index in [0.29, 0.717) is 13.0 Å². The Labute approximate surface area is 109 Å². The number of nitrogens with one attached hydrogen (secondary N) is 1. The molecule has 0 aliphatic heterocycles. The molecular weight excluding hydrogens is 226 g/mol. The highest BCUT2D eigenvalue weighted by molar-refractivity contribution is 5.79. The van der Waals surface area contributed by atoms with E-state index in [1.54, 1.807) is 0 Å². The molecular formula is C14H23N3O. The second-order valence-corrected chi connectivity index (χ2v) is 4.42. The first-order valence-corrected chi connectivity index (χ1v) is 6.49. The summed E-state index contributed by atoms with van der Waals surface area (Å²) < 4.78 is 0. The van der Waals surface area contributed by atoms with Gasteiger partial charge in [0.05, 0.1) is 6.04 Å². The third-order valence-corrected chi connectivity index (χ3v) is 3.05. The summed E-state index contributed by atoms with van der Waals surface area (Å²) in [5.41, 5.74) is 12.1. The summed E-state index contributed by atoms with van der Waals surface area (Å²) in [6.07, 6.45) is 2.40. The molecule has 0 fully saturated rings. The molecule has 1 unspecified atom stereocenters. The van der Waals surface area contributed by atoms with Crippen molar-refractivity contribution in [3.05, 3.63) is 35.9 Å². The van der Waals surface area contributed by atoms with Crippen LogP contribution in [0.2, 0.25) is 0 Å². The average molecular weight is 249 g/mol. The van der Waals surface area contributed by atoms with Crippen LogP contribution in [0.25, 0.3) is 0 Å². The molecule has 4 nitrogen and oxygen atoms in total. The van der Waals surface area contributed by atoms with Crippen LogP contribution in [0.4, 0.5) is 0 Å². The molecule has 0 heterocycles. The maximum Gasteiger partial charge on any atom is 0.234 e. The van der Waals surface area contributed by atoms with E-state index >= 15 is 0 Å². The molecule has 0 aliphatic rings. The van der Waals surface area contributed by atoms with Gasteiger partial charge in [0, 0.05) is 6.04 Å². The summed E-state index contributed by atoms with van der Waals surface area (Å²) >= 11 is 0. The number of hydrogen-bond donors (Lipinski definition) is 3. The summed E-state index contributed by atoms with van der Waals surface area (Å²) in [5, 5.41) is 3.32. The Morgan fingerprint density at radius 3 is 2.50 bits per heavy atom. The predicted molar refractivity (Wildman–Crippen MR) is 73.9 cm³/mol. The number of nitrogens with two attached hydrogens (primary N) is 2. The third kappa shape index (κ3) is 4.47. The van der Waals surface area contributed by atoms with Crippen molar-refractivity contribution in [1.29, 1.82) is 0 Å². The minimum Gasteiger partial charge on any atom is -0.368 e. The van der Waals surface area contributed by atoms with E-state index in [4.69, 9.17) is 11.5 Å². The molecule has 2 atom stereocenters. The molecule has 0 radical (unpaired) electrons. The predicted octanol–water partition coefficient (Wildman–Crippen LogP) is 1.32. The molecule has 5 N–H and O–H groups in total. The monoisotopic (exact) mass is 249 g/mol. The molecule has 100 valence electrons. The summed E-state index contributed by atoms with van der Waals surface area (Å²) in [6, 6.07) is 9.94. The molecule has 0 saturated heterocycles. The fourth-order valence-electron chi connectivity index (χ4n) is 2.01. The first-order chi connectivity index (χ1) is 8.69. The van der Waals surface area contributed by atoms with Gasteiger partial charge in [-0.3, -0.25) is 10.1 Å². The molecule has 0 aromatic heterocycles. The van der Waals surface area contributed by atoms with Gasteiger partial charge in [0.25, 0.3) is 0 Å². The fraction of sp³-hybridized carbons (Fsp3) is 0.500. The van der Waals surface area contributed by atoms with Gasteiger partial charge in [-0.15, -0.1) is 0 Å². The lowest BCUT2D eigenvalue weighted by atomic mass is 10.0. The molecule has 4 heteroatoms. The van der Waals surface area contributed by atoms with Gasteiger partial charge in [0.2, 0.25) is 5.91 Å². The topological polar surface area (TPSA) is 81.1 Å². The number of benzene rings is 1. The molecule has 1 aromatic carbocycles. The standard InChI is InChI=1S/C14H23N3O/c1-2-12(11-7-4-3-5-8-11)17-13(14(16)18)9-6-10-15/h3-5,7-8,12-13,17H,2,6,9-10,15H2,1H3,(H2,16,18)/t12?,13-/m0/s1. The second kappa shape index (κ2) is 7.84. The highest BCUT2D eigenvalue weighted by Crippen LogP contribution is 2.17. The Balaban J connectivity index is 2.68. The van der Waals surface area contributed by atoms with E-state index in [1.165, 1.54) is 5.56 Å². The van der Waals surface area contributed by atoms with Crippen molar-refractivity contribution in [2.45, 2.75) is 38.3 Å². The molecule has 0 aliphatic carbocycles. The lowest BCUT2D eigenvalue weighted by Gasteiger charge is -2.23. The number of carbonyl (C=O) groups is 1. The summed E-state index contributed by atoms with van der Waals surface area (Å²) in [5.74, 6) is -0.308. The van der Waals surface area contributed by atoms with E-state index in [9.17, 15) is 4.79 Å². The van der Waals surface area contributed by atoms with Gasteiger partial charge in [-0.1, -0.05) is 37.3 Å². The number of hydrogen-bond acceptors (Lipinski definition) is 3. The van der Waals surface area contributed by atoms with Crippen molar-refractivity contribution < 1.29 is 4.79 Å². The van der Waals surface area contributed by atoms with Crippen molar-refractivity contribution in [3.8, 4) is 0 Å². The van der Waals surface area contributed by atoms with Gasteiger partial charge in [-0.25, -0.2) is 0 Å². The van der Waals surface area contributed by atoms with Gasteiger partial charge < -0.3 is 11.5 Å². The summed E-state index contributed by atoms with van der Waals surface area (Å²) in [4.78, 5) is 11.4. The van der Waals surface area contributed by atoms with Gasteiger partial charge in [-0.05, 0) is 31.4 Å². The molecule has 0 spiro atoms. The molecule has 0 bridgehead atoms. The Morgan fingerprint density at radius 2 is 2.00 bits per heavy atom. The number of rotatable bonds is 8. The zero-order valence-electron chi connectivity index (χ0n) is 10.9. The molecule has 1 amide bonds. The summed E-state index contributed by atoms with van der Waals surface area (Å²) in [6.45, 7) is 2.67. The fourth-order valence-corrected chi connectivity index (χ4v) is 2.01. The maximum absolute atomic E-state index is 11.4. The Hall–Kier alpha value is -1.39. The number of primary amides is 1. The van der Waals surface area contributed by atoms with Crippen LogP contribution >= 0.6 is 0 Å². The van der Waals surface area contributed by atoms with Crippen molar-refractivity contribution in [1.82, 2.24) is 5.32 Å². The normalized spacial score (nSPS) is 14.1. The van der Waals surface area contributed by atoms with Crippen LogP contribution in [0.1, 0.15) is 37.8 Å². The van der Waals surface area contributed by atoms with E-state index < -0.39 is 0 Å². The highest BCUT2D eigenvalue weighted by atomic mass is 16.1. The average Bonchev–Trinajstić information content (AvgIpc) is 2.39. The number of carbonyl (C=O) groups excluding carboxylic acids is 1. The highest BCUT2D eigenvalue weighted by Gasteiger charge is 2.19. The third-order valence-electron chi connectivity index (χ3n) is 3.05. The van der Waals surface area contributed by atoms with Crippen LogP contribution in [-0.2, 0) is 4.79 Å². The van der Waals surface area contributed by atoms with Gasteiger partial charge >= 0.3 is 0 Å². The van der Waals surface area contributed by atoms with E-state index in [0.717, 1.165) is 12.8 Å². The SMILES string of the molecule is CCC(N[C@@H](CCCN)C(N)=O)c1ccccc1. The zero-order valence-corrected chi connectivity index (χ0v) is 10.9. The summed E-state index contributed by atoms with van der Waals surface area (Å²) in [7, 11) is 0. The van der Waals surface area contributed by atoms with E-state index in [1.807, 2.05) is 18.2 Å². The lowest BCUT2D eigenvalue weighted by molar-refractivity contribution is -0.120. The Bertz CT molecular complexity index is 353. The molecule has 18 heavy (non-hydrogen) atoms. The number of amides is 1. The minimum atomic E-state index is -0.308. The second-order valence-electron chi connectivity index (χ2n) is 4.42. The molecule has 1 rings (SSSR count). The molecule has 1 aromatic rings. The Morgan fingerprint density at radius 1 is 1.33 bits per heavy atom. The van der Waals surface area contributed by atoms with Crippen LogP contribution in [0, 0.1) is 0 Å². The largest absolute Gasteiger partial charge is 0.368 e. The van der Waals surface area contributed by atoms with E-state index in [2.05, 4.69) is 24.4 Å². The van der Waals surface area contributed by atoms with Crippen LogP contribution < -0.4 is 16.8 Å². The van der Waals surface area contributed by atoms with Crippen LogP contribution in [-0.4, -0.2) is 18.5 Å². The Kier molecular flexibility index (Phi) is 6.39. The van der Waals surface area contributed by atoms with Crippen molar-refractivity contribution in [2.24, 2.45) is 11.5 Å². The van der Waals surface area contributed by atoms with Gasteiger partial charge in [0.15, 0.2) is 0 Å². The first-order valence-electron chi connectivity index (χ1n) is 6.49. The van der Waals surface area contributed by atoms with Crippen LogP contribution in [0.15, 0.2) is 30.3 Å². The smallest absolute Gasteiger partial charge is 0.234 e. The first kappa shape index (κ1) is 14.7. The van der Waals surface area contributed by atoms with Crippen LogP contribution in [0.3, 0.4) is 0 Å².